The molecule has 1 unspecified atom stereocenters. The van der Waals surface area contributed by atoms with Gasteiger partial charge in [-0.3, -0.25) is 9.47 Å². The molecule has 1 saturated carbocycles. The Labute approximate surface area is 165 Å². The van der Waals surface area contributed by atoms with Crippen LogP contribution in [-0.4, -0.2) is 36.9 Å². The number of para-hydroxylation sites is 1. The number of aryl methyl sites for hydroxylation is 2. The number of fused-ring (bicyclic) bond motifs is 2. The van der Waals surface area contributed by atoms with E-state index in [2.05, 4.69) is 59.1 Å². The van der Waals surface area contributed by atoms with Crippen molar-refractivity contribution in [2.24, 2.45) is 13.0 Å². The lowest BCUT2D eigenvalue weighted by Gasteiger charge is -2.26. The van der Waals surface area contributed by atoms with Gasteiger partial charge < -0.3 is 4.57 Å². The van der Waals surface area contributed by atoms with Crippen molar-refractivity contribution in [3.63, 3.8) is 0 Å². The van der Waals surface area contributed by atoms with Crippen LogP contribution in [0, 0.1) is 5.92 Å². The maximum Gasteiger partial charge on any atom is 0.345 e. The molecular weight excluding hydrogens is 350 g/mol. The highest BCUT2D eigenvalue weighted by Gasteiger charge is 2.27. The summed E-state index contributed by atoms with van der Waals surface area (Å²) in [7, 11) is 4.33. The molecule has 2 aliphatic rings. The highest BCUT2D eigenvalue weighted by molar-refractivity contribution is 5.83. The molecule has 3 aromatic rings. The summed E-state index contributed by atoms with van der Waals surface area (Å²) in [5.74, 6) is 1.66. The normalized spacial score (nSPS) is 19.9. The summed E-state index contributed by atoms with van der Waals surface area (Å²) in [5, 5.41) is 5.99. The summed E-state index contributed by atoms with van der Waals surface area (Å²) in [4.78, 5) is 15.1. The van der Waals surface area contributed by atoms with E-state index in [-0.39, 0.29) is 5.69 Å². The van der Waals surface area contributed by atoms with Gasteiger partial charge in [0.25, 0.3) is 0 Å². The number of nitrogens with zero attached hydrogens (tertiary/aromatic N) is 5. The van der Waals surface area contributed by atoms with E-state index in [9.17, 15) is 4.79 Å². The molecule has 6 nitrogen and oxygen atoms in total. The van der Waals surface area contributed by atoms with Crippen LogP contribution in [0.25, 0.3) is 10.9 Å². The van der Waals surface area contributed by atoms with Crippen molar-refractivity contribution in [3.05, 3.63) is 52.3 Å². The smallest absolute Gasteiger partial charge is 0.345 e. The minimum absolute atomic E-state index is 0.0965. The predicted molar refractivity (Wildman–Crippen MR) is 110 cm³/mol. The van der Waals surface area contributed by atoms with E-state index < -0.39 is 0 Å². The Morgan fingerprint density at radius 1 is 1.18 bits per heavy atom. The molecule has 1 aromatic carbocycles. The molecular formula is C22H29N5O. The number of hydrogen-bond acceptors (Lipinski definition) is 3. The Morgan fingerprint density at radius 3 is 2.82 bits per heavy atom. The van der Waals surface area contributed by atoms with Gasteiger partial charge in [-0.25, -0.2) is 9.48 Å². The zero-order chi connectivity index (χ0) is 19.3. The van der Waals surface area contributed by atoms with Crippen molar-refractivity contribution in [3.8, 4) is 0 Å². The minimum Gasteiger partial charge on any atom is -0.350 e. The van der Waals surface area contributed by atoms with Crippen molar-refractivity contribution in [1.29, 1.82) is 0 Å². The Hall–Kier alpha value is -2.34. The summed E-state index contributed by atoms with van der Waals surface area (Å²) in [6.45, 7) is 2.52. The van der Waals surface area contributed by atoms with Crippen molar-refractivity contribution in [1.82, 2.24) is 23.8 Å². The number of benzene rings is 1. The van der Waals surface area contributed by atoms with Crippen LogP contribution in [-0.2, 0) is 33.1 Å². The average molecular weight is 380 g/mol. The SMILES string of the molecule is CN(Cc1cn(C)c2ccccc12)C1CCc2nn(CC3CC3)c(=O)n2CC1. The zero-order valence-corrected chi connectivity index (χ0v) is 16.8. The Kier molecular flexibility index (Phi) is 4.38. The van der Waals surface area contributed by atoms with Crippen LogP contribution >= 0.6 is 0 Å². The largest absolute Gasteiger partial charge is 0.350 e. The van der Waals surface area contributed by atoms with Gasteiger partial charge in [-0.05, 0) is 50.3 Å². The molecule has 0 amide bonds. The molecule has 1 fully saturated rings. The lowest BCUT2D eigenvalue weighted by Crippen LogP contribution is -2.32. The maximum absolute atomic E-state index is 12.7. The van der Waals surface area contributed by atoms with E-state index in [0.717, 1.165) is 44.7 Å². The highest BCUT2D eigenvalue weighted by Crippen LogP contribution is 2.30. The molecule has 6 heteroatoms. The Morgan fingerprint density at radius 2 is 2.00 bits per heavy atom. The minimum atomic E-state index is 0.0965. The van der Waals surface area contributed by atoms with Crippen LogP contribution in [0.1, 0.15) is 37.1 Å². The monoisotopic (exact) mass is 379 g/mol. The molecule has 5 rings (SSSR count). The first-order valence-corrected chi connectivity index (χ1v) is 10.5. The van der Waals surface area contributed by atoms with Crippen molar-refractivity contribution in [2.75, 3.05) is 7.05 Å². The van der Waals surface area contributed by atoms with Crippen LogP contribution in [0.4, 0.5) is 0 Å². The average Bonchev–Trinajstić information content (AvgIpc) is 3.43. The second kappa shape index (κ2) is 6.92. The molecule has 0 saturated heterocycles. The van der Waals surface area contributed by atoms with E-state index in [1.54, 1.807) is 4.68 Å². The molecule has 1 aliphatic carbocycles. The number of aromatic nitrogens is 4. The van der Waals surface area contributed by atoms with Crippen LogP contribution in [0.5, 0.6) is 0 Å². The Balaban J connectivity index is 1.30. The summed E-state index contributed by atoms with van der Waals surface area (Å²) in [6.07, 6.45) is 7.69. The highest BCUT2D eigenvalue weighted by atomic mass is 16.2. The van der Waals surface area contributed by atoms with Gasteiger partial charge in [0, 0.05) is 56.2 Å². The molecule has 1 aliphatic heterocycles. The summed E-state index contributed by atoms with van der Waals surface area (Å²) in [5.41, 5.74) is 2.75. The predicted octanol–water partition coefficient (Wildman–Crippen LogP) is 2.78. The Bertz CT molecular complexity index is 1050. The van der Waals surface area contributed by atoms with Crippen LogP contribution in [0.2, 0.25) is 0 Å². The van der Waals surface area contributed by atoms with Crippen molar-refractivity contribution in [2.45, 2.75) is 57.8 Å². The van der Waals surface area contributed by atoms with Gasteiger partial charge in [0.2, 0.25) is 0 Å². The van der Waals surface area contributed by atoms with Gasteiger partial charge in [0.15, 0.2) is 0 Å². The van der Waals surface area contributed by atoms with E-state index in [1.807, 2.05) is 4.57 Å². The molecule has 0 radical (unpaired) electrons. The number of hydrogen-bond donors (Lipinski definition) is 0. The van der Waals surface area contributed by atoms with Gasteiger partial charge in [-0.1, -0.05) is 18.2 Å². The first-order valence-electron chi connectivity index (χ1n) is 10.5. The maximum atomic E-state index is 12.7. The lowest BCUT2D eigenvalue weighted by molar-refractivity contribution is 0.210. The van der Waals surface area contributed by atoms with Gasteiger partial charge in [-0.2, -0.15) is 5.10 Å². The standard InChI is InChI=1S/C22H29N5O/c1-24(14-17-15-25(2)20-6-4-3-5-19(17)20)18-9-10-21-23-27(13-16-7-8-16)22(28)26(21)12-11-18/h3-6,15-16,18H,7-14H2,1-2H3. The van der Waals surface area contributed by atoms with E-state index in [4.69, 9.17) is 0 Å². The third-order valence-electron chi connectivity index (χ3n) is 6.54. The van der Waals surface area contributed by atoms with Crippen molar-refractivity contribution < 1.29 is 0 Å². The first kappa shape index (κ1) is 17.7. The van der Waals surface area contributed by atoms with Crippen molar-refractivity contribution >= 4 is 10.9 Å². The third-order valence-corrected chi connectivity index (χ3v) is 6.54. The molecule has 2 aromatic heterocycles. The fourth-order valence-electron chi connectivity index (χ4n) is 4.67. The fraction of sp³-hybridized carbons (Fsp3) is 0.545. The summed E-state index contributed by atoms with van der Waals surface area (Å²) in [6, 6.07) is 9.07. The molecule has 148 valence electrons. The second-order valence-corrected chi connectivity index (χ2v) is 8.65. The molecule has 0 N–H and O–H groups in total. The molecule has 3 heterocycles. The van der Waals surface area contributed by atoms with Gasteiger partial charge in [0.1, 0.15) is 5.82 Å². The van der Waals surface area contributed by atoms with Crippen LogP contribution < -0.4 is 5.69 Å². The summed E-state index contributed by atoms with van der Waals surface area (Å²) >= 11 is 0. The first-order chi connectivity index (χ1) is 13.6. The number of rotatable bonds is 5. The quantitative estimate of drug-likeness (QED) is 0.685. The van der Waals surface area contributed by atoms with Crippen LogP contribution in [0.15, 0.2) is 35.3 Å². The molecule has 1 atom stereocenters. The van der Waals surface area contributed by atoms with E-state index in [1.165, 1.54) is 29.3 Å². The zero-order valence-electron chi connectivity index (χ0n) is 16.8. The van der Waals surface area contributed by atoms with E-state index >= 15 is 0 Å². The van der Waals surface area contributed by atoms with Gasteiger partial charge in [0.05, 0.1) is 0 Å². The van der Waals surface area contributed by atoms with E-state index in [0.29, 0.717) is 12.0 Å². The second-order valence-electron chi connectivity index (χ2n) is 8.65. The molecule has 28 heavy (non-hydrogen) atoms. The lowest BCUT2D eigenvalue weighted by atomic mass is 10.1. The molecule has 0 bridgehead atoms. The van der Waals surface area contributed by atoms with Gasteiger partial charge >= 0.3 is 5.69 Å². The van der Waals surface area contributed by atoms with Gasteiger partial charge in [-0.15, -0.1) is 0 Å². The summed E-state index contributed by atoms with van der Waals surface area (Å²) < 4.78 is 5.85. The van der Waals surface area contributed by atoms with Crippen LogP contribution in [0.3, 0.4) is 0 Å². The third kappa shape index (κ3) is 3.20. The fourth-order valence-corrected chi connectivity index (χ4v) is 4.67. The topological polar surface area (TPSA) is 48.0 Å². The molecule has 0 spiro atoms.